The molecule has 90 valence electrons. The largest absolute Gasteiger partial charge is 0.487 e. The van der Waals surface area contributed by atoms with Crippen molar-refractivity contribution >= 4 is 15.9 Å². The maximum absolute atomic E-state index is 9.10. The molecule has 4 heteroatoms. The van der Waals surface area contributed by atoms with E-state index in [2.05, 4.69) is 22.0 Å². The Morgan fingerprint density at radius 2 is 2.12 bits per heavy atom. The van der Waals surface area contributed by atoms with Crippen LogP contribution in [0.1, 0.15) is 31.2 Å². The van der Waals surface area contributed by atoms with Gasteiger partial charge in [0, 0.05) is 10.5 Å². The topological polar surface area (TPSA) is 59.0 Å². The molecule has 0 bridgehead atoms. The quantitative estimate of drug-likeness (QED) is 0.912. The van der Waals surface area contributed by atoms with Gasteiger partial charge in [-0.2, -0.15) is 5.26 Å². The lowest BCUT2D eigenvalue weighted by molar-refractivity contribution is 0.132. The fourth-order valence-corrected chi connectivity index (χ4v) is 2.58. The Labute approximate surface area is 110 Å². The van der Waals surface area contributed by atoms with Crippen molar-refractivity contribution in [2.45, 2.75) is 37.8 Å². The fraction of sp³-hybridized carbons (Fsp3) is 0.462. The summed E-state index contributed by atoms with van der Waals surface area (Å²) in [4.78, 5) is 0. The van der Waals surface area contributed by atoms with Gasteiger partial charge in [-0.3, -0.25) is 0 Å². The van der Waals surface area contributed by atoms with E-state index in [1.54, 1.807) is 0 Å². The van der Waals surface area contributed by atoms with Crippen LogP contribution in [0.25, 0.3) is 0 Å². The second kappa shape index (κ2) is 5.52. The maximum Gasteiger partial charge on any atom is 0.138 e. The molecule has 0 radical (unpaired) electrons. The first-order chi connectivity index (χ1) is 8.22. The van der Waals surface area contributed by atoms with E-state index in [4.69, 9.17) is 15.7 Å². The molecular weight excluding hydrogens is 280 g/mol. The number of ether oxygens (including phenoxy) is 1. The average Bonchev–Trinajstić information content (AvgIpc) is 2.32. The summed E-state index contributed by atoms with van der Waals surface area (Å²) in [6, 6.07) is 7.77. The Morgan fingerprint density at radius 3 is 2.82 bits per heavy atom. The zero-order chi connectivity index (χ0) is 12.3. The van der Waals surface area contributed by atoms with E-state index in [0.717, 1.165) is 23.7 Å². The summed E-state index contributed by atoms with van der Waals surface area (Å²) in [5, 5.41) is 9.10. The summed E-state index contributed by atoms with van der Waals surface area (Å²) in [6.45, 7) is 0. The average molecular weight is 295 g/mol. The van der Waals surface area contributed by atoms with Crippen LogP contribution < -0.4 is 10.5 Å². The van der Waals surface area contributed by atoms with Crippen molar-refractivity contribution in [2.75, 3.05) is 0 Å². The van der Waals surface area contributed by atoms with Crippen molar-refractivity contribution < 1.29 is 4.74 Å². The first-order valence-electron chi connectivity index (χ1n) is 5.83. The first-order valence-corrected chi connectivity index (χ1v) is 6.62. The van der Waals surface area contributed by atoms with Crippen LogP contribution in [0.4, 0.5) is 0 Å². The lowest BCUT2D eigenvalue weighted by Crippen LogP contribution is -2.41. The number of hydrogen-bond acceptors (Lipinski definition) is 3. The monoisotopic (exact) mass is 294 g/mol. The highest BCUT2D eigenvalue weighted by Gasteiger charge is 2.24. The van der Waals surface area contributed by atoms with Crippen LogP contribution in [-0.4, -0.2) is 12.1 Å². The molecule has 0 amide bonds. The maximum atomic E-state index is 9.10. The molecule has 1 aromatic rings. The molecule has 0 heterocycles. The van der Waals surface area contributed by atoms with E-state index in [0.29, 0.717) is 11.3 Å². The van der Waals surface area contributed by atoms with Gasteiger partial charge in [-0.15, -0.1) is 0 Å². The lowest BCUT2D eigenvalue weighted by atomic mass is 9.93. The van der Waals surface area contributed by atoms with Gasteiger partial charge in [0.05, 0.1) is 0 Å². The van der Waals surface area contributed by atoms with Gasteiger partial charge < -0.3 is 10.5 Å². The predicted octanol–water partition coefficient (Wildman–Crippen LogP) is 2.97. The normalized spacial score (nSPS) is 24.1. The van der Waals surface area contributed by atoms with Crippen molar-refractivity contribution in [1.29, 1.82) is 5.26 Å². The van der Waals surface area contributed by atoms with Gasteiger partial charge in [0.2, 0.25) is 0 Å². The highest BCUT2D eigenvalue weighted by Crippen LogP contribution is 2.29. The van der Waals surface area contributed by atoms with Crippen LogP contribution in [0.3, 0.4) is 0 Å². The van der Waals surface area contributed by atoms with E-state index in [9.17, 15) is 0 Å². The van der Waals surface area contributed by atoms with Gasteiger partial charge in [-0.05, 0) is 47.3 Å². The van der Waals surface area contributed by atoms with Gasteiger partial charge in [-0.1, -0.05) is 12.5 Å². The molecule has 0 aromatic heterocycles. The van der Waals surface area contributed by atoms with Crippen molar-refractivity contribution in [3.05, 3.63) is 28.2 Å². The second-order valence-corrected chi connectivity index (χ2v) is 5.18. The Morgan fingerprint density at radius 1 is 1.35 bits per heavy atom. The molecule has 2 unspecified atom stereocenters. The van der Waals surface area contributed by atoms with Crippen molar-refractivity contribution in [2.24, 2.45) is 5.73 Å². The molecule has 0 aliphatic heterocycles. The van der Waals surface area contributed by atoms with Gasteiger partial charge in [-0.25, -0.2) is 0 Å². The number of nitriles is 1. The number of nitrogens with two attached hydrogens (primary N) is 1. The summed E-state index contributed by atoms with van der Waals surface area (Å²) < 4.78 is 6.66. The minimum absolute atomic E-state index is 0.0325. The molecule has 2 N–H and O–H groups in total. The van der Waals surface area contributed by atoms with Crippen LogP contribution >= 0.6 is 15.9 Å². The number of rotatable bonds is 2. The molecular formula is C13H15BrN2O. The van der Waals surface area contributed by atoms with E-state index in [1.165, 1.54) is 6.42 Å². The van der Waals surface area contributed by atoms with Crippen LogP contribution in [0.5, 0.6) is 5.75 Å². The molecule has 0 saturated heterocycles. The Balaban J connectivity index is 2.18. The third-order valence-corrected chi connectivity index (χ3v) is 3.78. The van der Waals surface area contributed by atoms with Crippen LogP contribution in [0, 0.1) is 11.3 Å². The zero-order valence-corrected chi connectivity index (χ0v) is 11.1. The standard InChI is InChI=1S/C13H15BrN2O/c14-10-4-3-7-12(9(10)8-15)17-13-6-2-1-5-11(13)16/h3-4,7,11,13H,1-2,5-6,16H2. The van der Waals surface area contributed by atoms with E-state index in [-0.39, 0.29) is 12.1 Å². The molecule has 3 nitrogen and oxygen atoms in total. The highest BCUT2D eigenvalue weighted by molar-refractivity contribution is 9.10. The minimum Gasteiger partial charge on any atom is -0.487 e. The molecule has 2 atom stereocenters. The van der Waals surface area contributed by atoms with Crippen molar-refractivity contribution in [1.82, 2.24) is 0 Å². The fourth-order valence-electron chi connectivity index (χ4n) is 2.15. The van der Waals surface area contributed by atoms with Crippen LogP contribution in [-0.2, 0) is 0 Å². The van der Waals surface area contributed by atoms with Gasteiger partial charge in [0.15, 0.2) is 0 Å². The van der Waals surface area contributed by atoms with Crippen LogP contribution in [0.2, 0.25) is 0 Å². The number of nitrogens with zero attached hydrogens (tertiary/aromatic N) is 1. The Kier molecular flexibility index (Phi) is 4.03. The van der Waals surface area contributed by atoms with Crippen LogP contribution in [0.15, 0.2) is 22.7 Å². The number of benzene rings is 1. The Bertz CT molecular complexity index is 442. The summed E-state index contributed by atoms with van der Waals surface area (Å²) in [5.74, 6) is 0.629. The summed E-state index contributed by atoms with van der Waals surface area (Å²) >= 11 is 3.35. The van der Waals surface area contributed by atoms with Gasteiger partial charge in [0.1, 0.15) is 23.5 Å². The lowest BCUT2D eigenvalue weighted by Gasteiger charge is -2.29. The zero-order valence-electron chi connectivity index (χ0n) is 9.53. The predicted molar refractivity (Wildman–Crippen MR) is 69.7 cm³/mol. The van der Waals surface area contributed by atoms with Crippen molar-refractivity contribution in [3.63, 3.8) is 0 Å². The SMILES string of the molecule is N#Cc1c(Br)cccc1OC1CCCCC1N. The summed E-state index contributed by atoms with van der Waals surface area (Å²) in [7, 11) is 0. The van der Waals surface area contributed by atoms with E-state index in [1.807, 2.05) is 18.2 Å². The van der Waals surface area contributed by atoms with Gasteiger partial charge in [0.25, 0.3) is 0 Å². The molecule has 2 rings (SSSR count). The third kappa shape index (κ3) is 2.80. The molecule has 1 fully saturated rings. The molecule has 1 aliphatic carbocycles. The number of halogens is 1. The molecule has 1 aromatic carbocycles. The van der Waals surface area contributed by atoms with Crippen molar-refractivity contribution in [3.8, 4) is 11.8 Å². The molecule has 0 spiro atoms. The molecule has 17 heavy (non-hydrogen) atoms. The van der Waals surface area contributed by atoms with Gasteiger partial charge >= 0.3 is 0 Å². The highest BCUT2D eigenvalue weighted by atomic mass is 79.9. The smallest absolute Gasteiger partial charge is 0.138 e. The summed E-state index contributed by atoms with van der Waals surface area (Å²) in [5.41, 5.74) is 6.58. The first kappa shape index (κ1) is 12.4. The molecule has 1 saturated carbocycles. The molecule has 1 aliphatic rings. The number of hydrogen-bond donors (Lipinski definition) is 1. The third-order valence-electron chi connectivity index (χ3n) is 3.12. The second-order valence-electron chi connectivity index (χ2n) is 4.33. The van der Waals surface area contributed by atoms with E-state index < -0.39 is 0 Å². The minimum atomic E-state index is 0.0325. The summed E-state index contributed by atoms with van der Waals surface area (Å²) in [6.07, 6.45) is 4.32. The van der Waals surface area contributed by atoms with E-state index >= 15 is 0 Å². The Hall–Kier alpha value is -1.05.